The van der Waals surface area contributed by atoms with Crippen LogP contribution in [0.4, 0.5) is 4.79 Å². The van der Waals surface area contributed by atoms with Gasteiger partial charge in [0.05, 0.1) is 12.0 Å². The summed E-state index contributed by atoms with van der Waals surface area (Å²) in [6.45, 7) is 3.73. The van der Waals surface area contributed by atoms with E-state index >= 15 is 0 Å². The number of carboxylic acid groups (broad SMARTS) is 1. The average Bonchev–Trinajstić information content (AvgIpc) is 2.35. The lowest BCUT2D eigenvalue weighted by atomic mass is 9.79. The average molecular weight is 243 g/mol. The summed E-state index contributed by atoms with van der Waals surface area (Å²) >= 11 is 0. The third-order valence-electron chi connectivity index (χ3n) is 3.06. The molecular formula is C11H17NO5. The molecule has 96 valence electrons. The van der Waals surface area contributed by atoms with Crippen molar-refractivity contribution in [3.8, 4) is 0 Å². The van der Waals surface area contributed by atoms with E-state index in [0.717, 1.165) is 0 Å². The molecule has 1 amide bonds. The van der Waals surface area contributed by atoms with Crippen molar-refractivity contribution in [2.75, 3.05) is 26.3 Å². The van der Waals surface area contributed by atoms with Crippen LogP contribution < -0.4 is 0 Å². The van der Waals surface area contributed by atoms with Crippen molar-refractivity contribution >= 4 is 12.1 Å². The molecule has 0 bridgehead atoms. The van der Waals surface area contributed by atoms with Crippen LogP contribution in [0.5, 0.6) is 0 Å². The van der Waals surface area contributed by atoms with E-state index in [0.29, 0.717) is 0 Å². The highest BCUT2D eigenvalue weighted by Crippen LogP contribution is 2.31. The number of piperidine rings is 1. The Bertz CT molecular complexity index is 307. The largest absolute Gasteiger partial charge is 0.481 e. The molecule has 0 aliphatic carbocycles. The van der Waals surface area contributed by atoms with Gasteiger partial charge in [0.25, 0.3) is 0 Å². The van der Waals surface area contributed by atoms with Gasteiger partial charge >= 0.3 is 12.1 Å². The summed E-state index contributed by atoms with van der Waals surface area (Å²) in [6.07, 6.45) is 1.48. The summed E-state index contributed by atoms with van der Waals surface area (Å²) in [5, 5.41) is 18.2. The van der Waals surface area contributed by atoms with E-state index in [9.17, 15) is 9.59 Å². The van der Waals surface area contributed by atoms with Crippen LogP contribution in [0.25, 0.3) is 0 Å². The second-order valence-electron chi connectivity index (χ2n) is 4.10. The lowest BCUT2D eigenvalue weighted by Crippen LogP contribution is -2.48. The molecule has 1 heterocycles. The van der Waals surface area contributed by atoms with Crippen molar-refractivity contribution in [2.24, 2.45) is 5.41 Å². The van der Waals surface area contributed by atoms with Gasteiger partial charge in [0.15, 0.2) is 0 Å². The van der Waals surface area contributed by atoms with E-state index in [-0.39, 0.29) is 32.5 Å². The highest BCUT2D eigenvalue weighted by Gasteiger charge is 2.42. The van der Waals surface area contributed by atoms with Crippen LogP contribution in [-0.2, 0) is 9.53 Å². The molecule has 0 radical (unpaired) electrons. The van der Waals surface area contributed by atoms with Crippen LogP contribution in [0.1, 0.15) is 12.8 Å². The van der Waals surface area contributed by atoms with Gasteiger partial charge in [0.2, 0.25) is 0 Å². The molecule has 0 atom stereocenters. The number of amides is 1. The third-order valence-corrected chi connectivity index (χ3v) is 3.06. The Morgan fingerprint density at radius 2 is 2.00 bits per heavy atom. The van der Waals surface area contributed by atoms with Crippen LogP contribution in [0.15, 0.2) is 12.7 Å². The maximum Gasteiger partial charge on any atom is 0.410 e. The van der Waals surface area contributed by atoms with Crippen LogP contribution in [0.2, 0.25) is 0 Å². The van der Waals surface area contributed by atoms with Gasteiger partial charge in [-0.3, -0.25) is 4.79 Å². The first kappa shape index (κ1) is 13.5. The maximum atomic E-state index is 11.5. The quantitative estimate of drug-likeness (QED) is 0.701. The van der Waals surface area contributed by atoms with E-state index in [4.69, 9.17) is 14.9 Å². The number of nitrogens with zero attached hydrogens (tertiary/aromatic N) is 1. The molecule has 0 aromatic rings. The molecule has 0 spiro atoms. The molecule has 0 aromatic heterocycles. The Hall–Kier alpha value is -1.56. The molecule has 2 N–H and O–H groups in total. The minimum Gasteiger partial charge on any atom is -0.481 e. The normalized spacial score (nSPS) is 18.5. The Labute approximate surface area is 99.5 Å². The van der Waals surface area contributed by atoms with E-state index < -0.39 is 24.1 Å². The fourth-order valence-electron chi connectivity index (χ4n) is 1.78. The number of carbonyl (C=O) groups is 2. The molecule has 0 unspecified atom stereocenters. The lowest BCUT2D eigenvalue weighted by Gasteiger charge is -2.36. The van der Waals surface area contributed by atoms with E-state index in [2.05, 4.69) is 6.58 Å². The Morgan fingerprint density at radius 3 is 2.41 bits per heavy atom. The summed E-state index contributed by atoms with van der Waals surface area (Å²) in [5.41, 5.74) is -1.12. The van der Waals surface area contributed by atoms with E-state index in [1.165, 1.54) is 11.0 Å². The van der Waals surface area contributed by atoms with Crippen LogP contribution in [0, 0.1) is 5.41 Å². The highest BCUT2D eigenvalue weighted by atomic mass is 16.6. The van der Waals surface area contributed by atoms with Gasteiger partial charge in [-0.2, -0.15) is 0 Å². The van der Waals surface area contributed by atoms with Crippen LogP contribution >= 0.6 is 0 Å². The number of ether oxygens (including phenoxy) is 1. The number of aliphatic hydroxyl groups excluding tert-OH is 1. The second kappa shape index (κ2) is 5.67. The van der Waals surface area contributed by atoms with E-state index in [1.54, 1.807) is 0 Å². The number of rotatable bonds is 4. The first-order valence-electron chi connectivity index (χ1n) is 5.42. The number of hydrogen-bond acceptors (Lipinski definition) is 4. The minimum absolute atomic E-state index is 0.138. The number of carbonyl (C=O) groups excluding carboxylic acids is 1. The van der Waals surface area contributed by atoms with Gasteiger partial charge in [-0.25, -0.2) is 4.79 Å². The molecule has 1 saturated heterocycles. The Balaban J connectivity index is 2.52. The number of hydrogen-bond donors (Lipinski definition) is 2. The first-order valence-corrected chi connectivity index (χ1v) is 5.42. The lowest BCUT2D eigenvalue weighted by molar-refractivity contribution is -0.154. The molecule has 17 heavy (non-hydrogen) atoms. The number of likely N-dealkylation sites (tertiary alicyclic amines) is 1. The molecule has 1 fully saturated rings. The van der Waals surface area contributed by atoms with Gasteiger partial charge in [0, 0.05) is 13.1 Å². The van der Waals surface area contributed by atoms with Crippen molar-refractivity contribution in [3.63, 3.8) is 0 Å². The monoisotopic (exact) mass is 243 g/mol. The van der Waals surface area contributed by atoms with Crippen molar-refractivity contribution in [2.45, 2.75) is 12.8 Å². The maximum absolute atomic E-state index is 11.5. The molecular weight excluding hydrogens is 226 g/mol. The van der Waals surface area contributed by atoms with Gasteiger partial charge in [0.1, 0.15) is 6.61 Å². The summed E-state index contributed by atoms with van der Waals surface area (Å²) in [4.78, 5) is 24.0. The van der Waals surface area contributed by atoms with Crippen LogP contribution in [0.3, 0.4) is 0 Å². The zero-order valence-electron chi connectivity index (χ0n) is 9.59. The summed E-state index contributed by atoms with van der Waals surface area (Å²) in [5.74, 6) is -1.01. The molecule has 1 aliphatic rings. The molecule has 0 saturated carbocycles. The molecule has 1 rings (SSSR count). The first-order chi connectivity index (χ1) is 8.05. The number of carboxylic acids is 1. The summed E-state index contributed by atoms with van der Waals surface area (Å²) in [6, 6.07) is 0. The van der Waals surface area contributed by atoms with Crippen molar-refractivity contribution in [1.29, 1.82) is 0 Å². The van der Waals surface area contributed by atoms with Crippen LogP contribution in [-0.4, -0.2) is 53.5 Å². The van der Waals surface area contributed by atoms with E-state index in [1.807, 2.05) is 0 Å². The zero-order valence-corrected chi connectivity index (χ0v) is 9.59. The highest BCUT2D eigenvalue weighted by molar-refractivity contribution is 5.75. The van der Waals surface area contributed by atoms with Crippen molar-refractivity contribution < 1.29 is 24.5 Å². The van der Waals surface area contributed by atoms with Gasteiger partial charge in [-0.15, -0.1) is 0 Å². The fraction of sp³-hybridized carbons (Fsp3) is 0.636. The van der Waals surface area contributed by atoms with Gasteiger partial charge in [-0.05, 0) is 12.8 Å². The Morgan fingerprint density at radius 1 is 1.41 bits per heavy atom. The predicted octanol–water partition coefficient (Wildman–Crippen LogP) is 0.468. The van der Waals surface area contributed by atoms with Gasteiger partial charge < -0.3 is 19.8 Å². The summed E-state index contributed by atoms with van der Waals surface area (Å²) in [7, 11) is 0. The molecule has 0 aromatic carbocycles. The van der Waals surface area contributed by atoms with Crippen molar-refractivity contribution in [3.05, 3.63) is 12.7 Å². The topological polar surface area (TPSA) is 87.1 Å². The zero-order chi connectivity index (χ0) is 12.9. The number of aliphatic hydroxyl groups is 1. The molecule has 6 nitrogen and oxygen atoms in total. The predicted molar refractivity (Wildman–Crippen MR) is 59.5 cm³/mol. The minimum atomic E-state index is -1.12. The van der Waals surface area contributed by atoms with Crippen molar-refractivity contribution in [1.82, 2.24) is 4.90 Å². The third kappa shape index (κ3) is 2.97. The molecule has 6 heteroatoms. The number of aliphatic carboxylic acids is 1. The SMILES string of the molecule is C=CCOC(=O)N1CCC(CO)(C(=O)O)CC1. The Kier molecular flexibility index (Phi) is 4.51. The van der Waals surface area contributed by atoms with Gasteiger partial charge in [-0.1, -0.05) is 12.7 Å². The molecule has 1 aliphatic heterocycles. The fourth-order valence-corrected chi connectivity index (χ4v) is 1.78. The smallest absolute Gasteiger partial charge is 0.410 e. The standard InChI is InChI=1S/C11H17NO5/c1-2-7-17-10(16)12-5-3-11(8-13,4-6-12)9(14)15/h2,13H,1,3-8H2,(H,14,15). The second-order valence-corrected chi connectivity index (χ2v) is 4.10. The summed E-state index contributed by atoms with van der Waals surface area (Å²) < 4.78 is 4.85.